The van der Waals surface area contributed by atoms with Gasteiger partial charge in [0.05, 0.1) is 5.41 Å². The molecule has 0 aromatic rings. The number of halogens is 7. The minimum Gasteiger partial charge on any atom is -0.232 e. The van der Waals surface area contributed by atoms with Crippen LogP contribution in [0.25, 0.3) is 0 Å². The van der Waals surface area contributed by atoms with Gasteiger partial charge in [0.25, 0.3) is 5.92 Å². The Balaban J connectivity index is 5.91. The maximum absolute atomic E-state index is 14.2. The van der Waals surface area contributed by atoms with E-state index in [0.29, 0.717) is 13.8 Å². The Morgan fingerprint density at radius 1 is 0.778 bits per heavy atom. The SMILES string of the molecule is CC(C)(C)C(F)(F)C(C)(C)C(F)(CI)C(F)(F)F. The highest BCUT2D eigenvalue weighted by Crippen LogP contribution is 2.59. The molecule has 0 aromatic carbocycles. The predicted octanol–water partition coefficient (Wildman–Crippen LogP) is 5.40. The molecule has 7 heteroatoms. The van der Waals surface area contributed by atoms with E-state index in [0.717, 1.165) is 43.4 Å². The first-order valence-electron chi connectivity index (χ1n) is 5.25. The van der Waals surface area contributed by atoms with E-state index in [1.807, 2.05) is 0 Å². The van der Waals surface area contributed by atoms with Gasteiger partial charge in [-0.15, -0.1) is 0 Å². The van der Waals surface area contributed by atoms with Crippen molar-refractivity contribution in [3.63, 3.8) is 0 Å². The zero-order valence-corrected chi connectivity index (χ0v) is 13.0. The Morgan fingerprint density at radius 3 is 1.28 bits per heavy atom. The predicted molar refractivity (Wildman–Crippen MR) is 67.0 cm³/mol. The van der Waals surface area contributed by atoms with Gasteiger partial charge in [0.1, 0.15) is 0 Å². The zero-order chi connectivity index (χ0) is 15.2. The van der Waals surface area contributed by atoms with Gasteiger partial charge in [0, 0.05) is 9.84 Å². The van der Waals surface area contributed by atoms with Crippen molar-refractivity contribution in [3.8, 4) is 0 Å². The van der Waals surface area contributed by atoms with Crippen molar-refractivity contribution in [2.24, 2.45) is 10.8 Å². The van der Waals surface area contributed by atoms with E-state index in [1.165, 1.54) is 0 Å². The highest BCUT2D eigenvalue weighted by Gasteiger charge is 2.73. The highest BCUT2D eigenvalue weighted by molar-refractivity contribution is 14.1. The van der Waals surface area contributed by atoms with Crippen molar-refractivity contribution in [3.05, 3.63) is 0 Å². The lowest BCUT2D eigenvalue weighted by atomic mass is 9.64. The van der Waals surface area contributed by atoms with Gasteiger partial charge >= 0.3 is 6.18 Å². The first-order chi connectivity index (χ1) is 7.56. The first-order valence-corrected chi connectivity index (χ1v) is 6.78. The summed E-state index contributed by atoms with van der Waals surface area (Å²) in [5.41, 5.74) is -8.58. The Hall–Kier alpha value is 0.310. The third-order valence-corrected chi connectivity index (χ3v) is 4.40. The normalized spacial score (nSPS) is 18.7. The smallest absolute Gasteiger partial charge is 0.232 e. The van der Waals surface area contributed by atoms with Gasteiger partial charge < -0.3 is 0 Å². The lowest BCUT2D eigenvalue weighted by molar-refractivity contribution is -0.311. The quantitative estimate of drug-likeness (QED) is 0.344. The van der Waals surface area contributed by atoms with Crippen LogP contribution in [0, 0.1) is 10.8 Å². The van der Waals surface area contributed by atoms with Gasteiger partial charge in [-0.2, -0.15) is 13.2 Å². The van der Waals surface area contributed by atoms with Crippen LogP contribution in [0.15, 0.2) is 0 Å². The van der Waals surface area contributed by atoms with E-state index in [-0.39, 0.29) is 0 Å². The molecule has 0 N–H and O–H groups in total. The van der Waals surface area contributed by atoms with Crippen LogP contribution in [0.3, 0.4) is 0 Å². The van der Waals surface area contributed by atoms with Crippen molar-refractivity contribution in [2.45, 2.75) is 52.4 Å². The third-order valence-electron chi connectivity index (χ3n) is 3.35. The first kappa shape index (κ1) is 18.3. The largest absolute Gasteiger partial charge is 0.424 e. The van der Waals surface area contributed by atoms with Crippen molar-refractivity contribution in [2.75, 3.05) is 4.43 Å². The fraction of sp³-hybridized carbons (Fsp3) is 1.00. The Bertz CT molecular complexity index is 302. The molecule has 0 aliphatic rings. The molecule has 0 rings (SSSR count). The molecule has 0 bridgehead atoms. The van der Waals surface area contributed by atoms with Crippen LogP contribution < -0.4 is 0 Å². The van der Waals surface area contributed by atoms with Gasteiger partial charge in [-0.05, 0) is 0 Å². The van der Waals surface area contributed by atoms with Crippen molar-refractivity contribution < 1.29 is 26.3 Å². The second-order valence-corrected chi connectivity index (χ2v) is 6.64. The molecule has 0 aliphatic carbocycles. The van der Waals surface area contributed by atoms with Gasteiger partial charge in [-0.25, -0.2) is 13.2 Å². The molecular weight excluding hydrogens is 373 g/mol. The number of hydrogen-bond acceptors (Lipinski definition) is 0. The second-order valence-electron chi connectivity index (χ2n) is 5.88. The van der Waals surface area contributed by atoms with E-state index in [9.17, 15) is 26.3 Å². The molecule has 0 radical (unpaired) electrons. The van der Waals surface area contributed by atoms with Crippen LogP contribution in [0.5, 0.6) is 0 Å². The number of hydrogen-bond donors (Lipinski definition) is 0. The van der Waals surface area contributed by atoms with Crippen LogP contribution in [0.2, 0.25) is 0 Å². The molecule has 0 fully saturated rings. The maximum Gasteiger partial charge on any atom is 0.424 e. The van der Waals surface area contributed by atoms with E-state index in [2.05, 4.69) is 0 Å². The van der Waals surface area contributed by atoms with Crippen LogP contribution in [0.1, 0.15) is 34.6 Å². The summed E-state index contributed by atoms with van der Waals surface area (Å²) in [6.45, 7) is 4.55. The fourth-order valence-electron chi connectivity index (χ4n) is 1.78. The van der Waals surface area contributed by atoms with E-state index >= 15 is 0 Å². The molecule has 110 valence electrons. The fourth-order valence-corrected chi connectivity index (χ4v) is 3.17. The van der Waals surface area contributed by atoms with Gasteiger partial charge in [-0.1, -0.05) is 57.2 Å². The molecule has 1 atom stereocenters. The molecular formula is C11H17F6I. The molecule has 0 aliphatic heterocycles. The molecule has 0 nitrogen and oxygen atoms in total. The molecule has 0 spiro atoms. The highest BCUT2D eigenvalue weighted by atomic mass is 127. The Morgan fingerprint density at radius 2 is 1.11 bits per heavy atom. The lowest BCUT2D eigenvalue weighted by Gasteiger charge is -2.49. The van der Waals surface area contributed by atoms with Crippen LogP contribution >= 0.6 is 22.6 Å². The minimum absolute atomic E-state index is 0.629. The summed E-state index contributed by atoms with van der Waals surface area (Å²) < 4.78 is 79.9. The Labute approximate surface area is 117 Å². The van der Waals surface area contributed by atoms with Gasteiger partial charge in [-0.3, -0.25) is 0 Å². The average molecular weight is 390 g/mol. The summed E-state index contributed by atoms with van der Waals surface area (Å²) in [6, 6.07) is 0. The van der Waals surface area contributed by atoms with E-state index in [1.54, 1.807) is 0 Å². The molecule has 0 aromatic heterocycles. The summed E-state index contributed by atoms with van der Waals surface area (Å²) in [5.74, 6) is -3.82. The topological polar surface area (TPSA) is 0 Å². The molecule has 0 saturated heterocycles. The summed E-state index contributed by atoms with van der Waals surface area (Å²) in [5, 5.41) is 0. The van der Waals surface area contributed by atoms with Crippen molar-refractivity contribution in [1.82, 2.24) is 0 Å². The Kier molecular flexibility index (Phi) is 4.78. The van der Waals surface area contributed by atoms with Crippen LogP contribution in [-0.4, -0.2) is 22.2 Å². The van der Waals surface area contributed by atoms with Crippen LogP contribution in [-0.2, 0) is 0 Å². The molecule has 1 unspecified atom stereocenters. The van der Waals surface area contributed by atoms with Crippen molar-refractivity contribution in [1.29, 1.82) is 0 Å². The second kappa shape index (κ2) is 4.70. The molecule has 0 amide bonds. The summed E-state index contributed by atoms with van der Waals surface area (Å²) in [6.07, 6.45) is -5.34. The summed E-state index contributed by atoms with van der Waals surface area (Å²) in [7, 11) is 0. The molecule has 18 heavy (non-hydrogen) atoms. The molecule has 0 saturated carbocycles. The van der Waals surface area contributed by atoms with Gasteiger partial charge in [0.2, 0.25) is 5.67 Å². The number of rotatable bonds is 3. The zero-order valence-electron chi connectivity index (χ0n) is 10.9. The lowest BCUT2D eigenvalue weighted by Crippen LogP contribution is -2.64. The minimum atomic E-state index is -5.34. The number of alkyl halides is 7. The maximum atomic E-state index is 14.2. The standard InChI is InChI=1S/C11H17F6I/c1-7(2,3)10(13,14)8(4,5)9(12,6-18)11(15,16)17/h6H2,1-5H3. The molecule has 0 heterocycles. The van der Waals surface area contributed by atoms with Crippen LogP contribution in [0.4, 0.5) is 26.3 Å². The third kappa shape index (κ3) is 2.47. The summed E-state index contributed by atoms with van der Waals surface area (Å²) in [4.78, 5) is 0. The van der Waals surface area contributed by atoms with E-state index in [4.69, 9.17) is 0 Å². The summed E-state index contributed by atoms with van der Waals surface area (Å²) >= 11 is 1.16. The monoisotopic (exact) mass is 390 g/mol. The van der Waals surface area contributed by atoms with Gasteiger partial charge in [0.15, 0.2) is 0 Å². The average Bonchev–Trinajstić information content (AvgIpc) is 2.12. The van der Waals surface area contributed by atoms with E-state index < -0.39 is 33.0 Å². The van der Waals surface area contributed by atoms with Crippen molar-refractivity contribution >= 4 is 22.6 Å².